The zero-order valence-electron chi connectivity index (χ0n) is 13.1. The van der Waals surface area contributed by atoms with Gasteiger partial charge in [-0.1, -0.05) is 11.6 Å². The SMILES string of the molecule is COc1cc(N)c(Cl)cc1C(=O)N(C)Cc1nc(C(F)(F)F)cs1.Cl. The first-order valence-electron chi connectivity index (χ1n) is 6.53. The number of anilines is 1. The summed E-state index contributed by atoms with van der Waals surface area (Å²) in [6, 6.07) is 2.77. The summed E-state index contributed by atoms with van der Waals surface area (Å²) in [5.74, 6) is -0.249. The fraction of sp³-hybridized carbons (Fsp3) is 0.286. The highest BCUT2D eigenvalue weighted by atomic mass is 35.5. The molecule has 0 saturated carbocycles. The first kappa shape index (κ1) is 21.3. The number of hydrogen-bond donors (Lipinski definition) is 1. The second-order valence-corrected chi connectivity index (χ2v) is 6.21. The van der Waals surface area contributed by atoms with Gasteiger partial charge in [-0.15, -0.1) is 23.7 Å². The molecule has 138 valence electrons. The quantitative estimate of drug-likeness (QED) is 0.763. The molecule has 0 saturated heterocycles. The summed E-state index contributed by atoms with van der Waals surface area (Å²) >= 11 is 6.75. The molecule has 0 unspecified atom stereocenters. The molecule has 2 aromatic rings. The van der Waals surface area contributed by atoms with Crippen molar-refractivity contribution in [2.45, 2.75) is 12.7 Å². The lowest BCUT2D eigenvalue weighted by molar-refractivity contribution is -0.140. The number of thiazole rings is 1. The van der Waals surface area contributed by atoms with Crippen LogP contribution in [0.4, 0.5) is 18.9 Å². The van der Waals surface area contributed by atoms with Crippen LogP contribution in [0.1, 0.15) is 21.1 Å². The Morgan fingerprint density at radius 1 is 1.44 bits per heavy atom. The summed E-state index contributed by atoms with van der Waals surface area (Å²) in [5, 5.41) is 1.26. The summed E-state index contributed by atoms with van der Waals surface area (Å²) in [4.78, 5) is 17.2. The fourth-order valence-corrected chi connectivity index (χ4v) is 2.92. The van der Waals surface area contributed by atoms with Crippen molar-refractivity contribution in [1.82, 2.24) is 9.88 Å². The molecule has 1 heterocycles. The van der Waals surface area contributed by atoms with Gasteiger partial charge in [0.1, 0.15) is 10.8 Å². The van der Waals surface area contributed by atoms with Crippen LogP contribution in [0.3, 0.4) is 0 Å². The molecule has 0 aliphatic carbocycles. The number of aromatic nitrogens is 1. The molecular formula is C14H14Cl2F3N3O2S. The Balaban J connectivity index is 0.00000312. The Morgan fingerprint density at radius 2 is 2.08 bits per heavy atom. The number of methoxy groups -OCH3 is 1. The van der Waals surface area contributed by atoms with Gasteiger partial charge in [-0.25, -0.2) is 4.98 Å². The van der Waals surface area contributed by atoms with E-state index in [9.17, 15) is 18.0 Å². The topological polar surface area (TPSA) is 68.5 Å². The minimum atomic E-state index is -4.51. The highest BCUT2D eigenvalue weighted by Crippen LogP contribution is 2.32. The van der Waals surface area contributed by atoms with Crippen molar-refractivity contribution < 1.29 is 22.7 Å². The number of halogens is 5. The van der Waals surface area contributed by atoms with Crippen LogP contribution < -0.4 is 10.5 Å². The van der Waals surface area contributed by atoms with Crippen LogP contribution >= 0.6 is 35.3 Å². The molecule has 0 radical (unpaired) electrons. The molecule has 0 atom stereocenters. The average molecular weight is 416 g/mol. The average Bonchev–Trinajstić information content (AvgIpc) is 2.97. The van der Waals surface area contributed by atoms with Crippen LogP contribution in [-0.2, 0) is 12.7 Å². The molecule has 1 aromatic carbocycles. The minimum Gasteiger partial charge on any atom is -0.496 e. The molecule has 0 spiro atoms. The maximum absolute atomic E-state index is 12.6. The Morgan fingerprint density at radius 3 is 2.60 bits per heavy atom. The lowest BCUT2D eigenvalue weighted by atomic mass is 10.1. The largest absolute Gasteiger partial charge is 0.496 e. The van der Waals surface area contributed by atoms with Gasteiger partial charge in [-0.3, -0.25) is 4.79 Å². The molecule has 5 nitrogen and oxygen atoms in total. The maximum atomic E-state index is 12.6. The van der Waals surface area contributed by atoms with Crippen molar-refractivity contribution in [1.29, 1.82) is 0 Å². The molecule has 1 amide bonds. The van der Waals surface area contributed by atoms with E-state index >= 15 is 0 Å². The number of carbonyl (C=O) groups is 1. The second kappa shape index (κ2) is 8.11. The van der Waals surface area contributed by atoms with Crippen LogP contribution in [-0.4, -0.2) is 29.9 Å². The Labute approximate surface area is 157 Å². The molecule has 0 aliphatic heterocycles. The Hall–Kier alpha value is -1.71. The van der Waals surface area contributed by atoms with E-state index in [0.717, 1.165) is 16.7 Å². The fourth-order valence-electron chi connectivity index (χ4n) is 1.90. The molecule has 25 heavy (non-hydrogen) atoms. The molecule has 2 rings (SSSR count). The van der Waals surface area contributed by atoms with Crippen molar-refractivity contribution in [2.24, 2.45) is 0 Å². The lowest BCUT2D eigenvalue weighted by Crippen LogP contribution is -2.26. The normalized spacial score (nSPS) is 11.0. The number of nitrogens with zero attached hydrogens (tertiary/aromatic N) is 2. The predicted octanol–water partition coefficient (Wildman–Crippen LogP) is 4.10. The van der Waals surface area contributed by atoms with Gasteiger partial charge in [0.15, 0.2) is 5.69 Å². The van der Waals surface area contributed by atoms with Gasteiger partial charge in [0, 0.05) is 18.5 Å². The Bertz CT molecular complexity index is 768. The monoisotopic (exact) mass is 415 g/mol. The van der Waals surface area contributed by atoms with E-state index in [1.165, 1.54) is 31.2 Å². The summed E-state index contributed by atoms with van der Waals surface area (Å²) in [5.41, 5.74) is 5.09. The van der Waals surface area contributed by atoms with E-state index in [1.807, 2.05) is 0 Å². The summed E-state index contributed by atoms with van der Waals surface area (Å²) in [6.07, 6.45) is -4.51. The number of ether oxygens (including phenoxy) is 1. The number of nitrogens with two attached hydrogens (primary N) is 1. The highest BCUT2D eigenvalue weighted by molar-refractivity contribution is 7.09. The molecule has 1 aromatic heterocycles. The molecule has 0 bridgehead atoms. The summed E-state index contributed by atoms with van der Waals surface area (Å²) < 4.78 is 42.8. The number of alkyl halides is 3. The minimum absolute atomic E-state index is 0. The lowest BCUT2D eigenvalue weighted by Gasteiger charge is -2.18. The van der Waals surface area contributed by atoms with Crippen molar-refractivity contribution in [3.63, 3.8) is 0 Å². The van der Waals surface area contributed by atoms with Crippen molar-refractivity contribution in [3.8, 4) is 5.75 Å². The molecule has 0 fully saturated rings. The first-order valence-corrected chi connectivity index (χ1v) is 7.79. The molecule has 11 heteroatoms. The van der Waals surface area contributed by atoms with Gasteiger partial charge in [-0.05, 0) is 6.07 Å². The second-order valence-electron chi connectivity index (χ2n) is 4.86. The van der Waals surface area contributed by atoms with Gasteiger partial charge in [0.2, 0.25) is 0 Å². The van der Waals surface area contributed by atoms with Gasteiger partial charge in [-0.2, -0.15) is 13.2 Å². The van der Waals surface area contributed by atoms with E-state index in [0.29, 0.717) is 0 Å². The Kier molecular flexibility index (Phi) is 6.92. The molecular weight excluding hydrogens is 402 g/mol. The summed E-state index contributed by atoms with van der Waals surface area (Å²) in [7, 11) is 2.82. The molecule has 0 aliphatic rings. The number of rotatable bonds is 4. The number of amides is 1. The number of nitrogen functional groups attached to an aromatic ring is 1. The predicted molar refractivity (Wildman–Crippen MR) is 92.6 cm³/mol. The van der Waals surface area contributed by atoms with Gasteiger partial charge in [0.05, 0.1) is 29.9 Å². The third-order valence-corrected chi connectivity index (χ3v) is 4.27. The third kappa shape index (κ3) is 4.90. The number of hydrogen-bond acceptors (Lipinski definition) is 5. The van der Waals surface area contributed by atoms with Crippen molar-refractivity contribution in [2.75, 3.05) is 19.9 Å². The van der Waals surface area contributed by atoms with Crippen LogP contribution in [0, 0.1) is 0 Å². The van der Waals surface area contributed by atoms with Crippen LogP contribution in [0.25, 0.3) is 0 Å². The smallest absolute Gasteiger partial charge is 0.434 e. The van der Waals surface area contributed by atoms with E-state index in [2.05, 4.69) is 4.98 Å². The van der Waals surface area contributed by atoms with Crippen LogP contribution in [0.5, 0.6) is 5.75 Å². The van der Waals surface area contributed by atoms with Gasteiger partial charge >= 0.3 is 6.18 Å². The summed E-state index contributed by atoms with van der Waals surface area (Å²) in [6.45, 7) is -0.0786. The number of carbonyl (C=O) groups excluding carboxylic acids is 1. The maximum Gasteiger partial charge on any atom is 0.434 e. The van der Waals surface area contributed by atoms with E-state index < -0.39 is 17.8 Å². The van der Waals surface area contributed by atoms with Crippen LogP contribution in [0.2, 0.25) is 5.02 Å². The van der Waals surface area contributed by atoms with Crippen LogP contribution in [0.15, 0.2) is 17.5 Å². The highest BCUT2D eigenvalue weighted by Gasteiger charge is 2.34. The zero-order chi connectivity index (χ0) is 18.1. The van der Waals surface area contributed by atoms with E-state index in [-0.39, 0.29) is 46.0 Å². The molecule has 2 N–H and O–H groups in total. The van der Waals surface area contributed by atoms with Crippen molar-refractivity contribution in [3.05, 3.63) is 38.8 Å². The van der Waals surface area contributed by atoms with E-state index in [1.54, 1.807) is 0 Å². The van der Waals surface area contributed by atoms with Gasteiger partial charge < -0.3 is 15.4 Å². The zero-order valence-corrected chi connectivity index (χ0v) is 15.4. The number of benzene rings is 1. The first-order chi connectivity index (χ1) is 11.1. The van der Waals surface area contributed by atoms with Crippen molar-refractivity contribution >= 4 is 46.9 Å². The third-order valence-electron chi connectivity index (χ3n) is 3.11. The van der Waals surface area contributed by atoms with Gasteiger partial charge in [0.25, 0.3) is 5.91 Å². The standard InChI is InChI=1S/C14H13ClF3N3O2S.ClH/c1-21(5-12-20-11(6-24-12)14(16,17)18)13(22)7-3-8(15)9(19)4-10(7)23-2;/h3-4,6H,5,19H2,1-2H3;1H. The van der Waals surface area contributed by atoms with E-state index in [4.69, 9.17) is 22.1 Å².